The molecule has 32 heavy (non-hydrogen) atoms. The molecule has 0 aliphatic carbocycles. The Bertz CT molecular complexity index is 1170. The Kier molecular flexibility index (Phi) is 8.09. The number of hydrogen-bond donors (Lipinski definition) is 1. The Morgan fingerprint density at radius 2 is 1.88 bits per heavy atom. The molecule has 0 aromatic heterocycles. The highest BCUT2D eigenvalue weighted by atomic mass is 35.5. The monoisotopic (exact) mass is 467 g/mol. The number of hydrogen-bond acceptors (Lipinski definition) is 5. The van der Waals surface area contributed by atoms with Crippen LogP contribution in [0.1, 0.15) is 34.0 Å². The molecule has 0 unspecified atom stereocenters. The van der Waals surface area contributed by atoms with E-state index in [1.165, 1.54) is 6.21 Å². The molecule has 0 aliphatic heterocycles. The number of amides is 1. The van der Waals surface area contributed by atoms with E-state index in [1.54, 1.807) is 48.5 Å². The van der Waals surface area contributed by atoms with Gasteiger partial charge in [0.1, 0.15) is 6.61 Å². The number of benzene rings is 3. The minimum absolute atomic E-state index is 0.161. The summed E-state index contributed by atoms with van der Waals surface area (Å²) in [5.74, 6) is 0.425. The largest absolute Gasteiger partial charge is 0.490 e. The molecule has 1 amide bonds. The first-order chi connectivity index (χ1) is 15.5. The second-order valence-corrected chi connectivity index (χ2v) is 7.37. The average molecular weight is 468 g/mol. The number of halogens is 2. The first-order valence-corrected chi connectivity index (χ1v) is 10.4. The van der Waals surface area contributed by atoms with Crippen molar-refractivity contribution in [2.24, 2.45) is 5.10 Å². The summed E-state index contributed by atoms with van der Waals surface area (Å²) >= 11 is 12.3. The van der Waals surface area contributed by atoms with Gasteiger partial charge in [-0.3, -0.25) is 4.79 Å². The van der Waals surface area contributed by atoms with Crippen molar-refractivity contribution in [1.29, 1.82) is 5.26 Å². The topological polar surface area (TPSA) is 83.7 Å². The number of hydrazone groups is 1. The maximum atomic E-state index is 12.1. The fraction of sp³-hybridized carbons (Fsp3) is 0.125. The van der Waals surface area contributed by atoms with Crippen molar-refractivity contribution < 1.29 is 14.3 Å². The van der Waals surface area contributed by atoms with E-state index in [0.29, 0.717) is 44.8 Å². The molecule has 0 heterocycles. The number of ether oxygens (including phenoxy) is 2. The van der Waals surface area contributed by atoms with Crippen molar-refractivity contribution in [2.75, 3.05) is 6.61 Å². The lowest BCUT2D eigenvalue weighted by Crippen LogP contribution is -2.17. The van der Waals surface area contributed by atoms with E-state index in [1.807, 2.05) is 19.1 Å². The molecule has 0 radical (unpaired) electrons. The highest BCUT2D eigenvalue weighted by Gasteiger charge is 2.13. The summed E-state index contributed by atoms with van der Waals surface area (Å²) in [6.07, 6.45) is 1.46. The minimum Gasteiger partial charge on any atom is -0.490 e. The lowest BCUT2D eigenvalue weighted by molar-refractivity contribution is 0.0955. The van der Waals surface area contributed by atoms with Gasteiger partial charge in [0, 0.05) is 16.1 Å². The van der Waals surface area contributed by atoms with E-state index in [-0.39, 0.29) is 12.5 Å². The van der Waals surface area contributed by atoms with E-state index < -0.39 is 0 Å². The van der Waals surface area contributed by atoms with Crippen LogP contribution in [-0.4, -0.2) is 18.7 Å². The predicted molar refractivity (Wildman–Crippen MR) is 125 cm³/mol. The normalized spacial score (nSPS) is 10.6. The predicted octanol–water partition coefficient (Wildman–Crippen LogP) is 5.61. The SMILES string of the molecule is CCOc1cc(/C=N\NC(=O)c2ccc(Cl)cc2)cc(Cl)c1OCc1ccccc1C#N. The van der Waals surface area contributed by atoms with Gasteiger partial charge < -0.3 is 9.47 Å². The van der Waals surface area contributed by atoms with Crippen molar-refractivity contribution >= 4 is 35.3 Å². The van der Waals surface area contributed by atoms with Crippen molar-refractivity contribution in [2.45, 2.75) is 13.5 Å². The first-order valence-electron chi connectivity index (χ1n) is 9.68. The summed E-state index contributed by atoms with van der Waals surface area (Å²) in [4.78, 5) is 12.1. The lowest BCUT2D eigenvalue weighted by Gasteiger charge is -2.15. The number of nitriles is 1. The number of carbonyl (C=O) groups excluding carboxylic acids is 1. The Labute approximate surface area is 196 Å². The van der Waals surface area contributed by atoms with E-state index in [4.69, 9.17) is 32.7 Å². The van der Waals surface area contributed by atoms with Crippen LogP contribution < -0.4 is 14.9 Å². The molecule has 0 aliphatic rings. The summed E-state index contributed by atoms with van der Waals surface area (Å²) in [6, 6.07) is 19.1. The first kappa shape index (κ1) is 23.1. The molecule has 6 nitrogen and oxygen atoms in total. The molecule has 0 spiro atoms. The third-order valence-electron chi connectivity index (χ3n) is 4.33. The highest BCUT2D eigenvalue weighted by Crippen LogP contribution is 2.37. The number of nitrogens with one attached hydrogen (secondary N) is 1. The zero-order valence-corrected chi connectivity index (χ0v) is 18.7. The van der Waals surface area contributed by atoms with Gasteiger partial charge in [0.25, 0.3) is 5.91 Å². The van der Waals surface area contributed by atoms with Crippen LogP contribution in [0.4, 0.5) is 0 Å². The summed E-state index contributed by atoms with van der Waals surface area (Å²) in [7, 11) is 0. The molecular weight excluding hydrogens is 449 g/mol. The number of carbonyl (C=O) groups is 1. The Morgan fingerprint density at radius 3 is 2.59 bits per heavy atom. The van der Waals surface area contributed by atoms with Gasteiger partial charge >= 0.3 is 0 Å². The van der Waals surface area contributed by atoms with E-state index >= 15 is 0 Å². The highest BCUT2D eigenvalue weighted by molar-refractivity contribution is 6.32. The lowest BCUT2D eigenvalue weighted by atomic mass is 10.1. The van der Waals surface area contributed by atoms with Gasteiger partial charge in [-0.1, -0.05) is 41.4 Å². The molecule has 162 valence electrons. The molecule has 0 saturated heterocycles. The molecule has 8 heteroatoms. The fourth-order valence-electron chi connectivity index (χ4n) is 2.80. The molecule has 1 N–H and O–H groups in total. The Balaban J connectivity index is 1.74. The van der Waals surface area contributed by atoms with Crippen molar-refractivity contribution in [1.82, 2.24) is 5.43 Å². The fourth-order valence-corrected chi connectivity index (χ4v) is 3.20. The quantitative estimate of drug-likeness (QED) is 0.344. The molecule has 0 atom stereocenters. The minimum atomic E-state index is -0.370. The summed E-state index contributed by atoms with van der Waals surface area (Å²) < 4.78 is 11.6. The van der Waals surface area contributed by atoms with Crippen LogP contribution in [-0.2, 0) is 6.61 Å². The zero-order chi connectivity index (χ0) is 22.9. The maximum Gasteiger partial charge on any atom is 0.271 e. The maximum absolute atomic E-state index is 12.1. The summed E-state index contributed by atoms with van der Waals surface area (Å²) in [5, 5.41) is 14.1. The third-order valence-corrected chi connectivity index (χ3v) is 4.86. The van der Waals surface area contributed by atoms with Crippen LogP contribution in [0.2, 0.25) is 10.0 Å². The summed E-state index contributed by atoms with van der Waals surface area (Å²) in [5.41, 5.74) is 4.76. The van der Waals surface area contributed by atoms with E-state index in [0.717, 1.165) is 5.56 Å². The molecule has 0 fully saturated rings. The van der Waals surface area contributed by atoms with Crippen molar-refractivity contribution in [3.05, 3.63) is 93.0 Å². The van der Waals surface area contributed by atoms with E-state index in [2.05, 4.69) is 16.6 Å². The van der Waals surface area contributed by atoms with Gasteiger partial charge in [0.2, 0.25) is 0 Å². The van der Waals surface area contributed by atoms with Gasteiger partial charge in [-0.2, -0.15) is 10.4 Å². The smallest absolute Gasteiger partial charge is 0.271 e. The van der Waals surface area contributed by atoms with Crippen LogP contribution in [0, 0.1) is 11.3 Å². The van der Waals surface area contributed by atoms with E-state index in [9.17, 15) is 10.1 Å². The second kappa shape index (κ2) is 11.2. The third kappa shape index (κ3) is 6.01. The van der Waals surface area contributed by atoms with Crippen LogP contribution >= 0.6 is 23.2 Å². The van der Waals surface area contributed by atoms with Crippen LogP contribution in [0.15, 0.2) is 65.8 Å². The average Bonchev–Trinajstić information content (AvgIpc) is 2.79. The molecule has 3 aromatic rings. The number of nitrogens with zero attached hydrogens (tertiary/aromatic N) is 2. The van der Waals surface area contributed by atoms with Gasteiger partial charge in [0.05, 0.1) is 29.5 Å². The van der Waals surface area contributed by atoms with Crippen molar-refractivity contribution in [3.8, 4) is 17.6 Å². The molecule has 0 saturated carbocycles. The second-order valence-electron chi connectivity index (χ2n) is 6.53. The Hall–Kier alpha value is -3.53. The van der Waals surface area contributed by atoms with Crippen LogP contribution in [0.5, 0.6) is 11.5 Å². The van der Waals surface area contributed by atoms with Crippen molar-refractivity contribution in [3.63, 3.8) is 0 Å². The summed E-state index contributed by atoms with van der Waals surface area (Å²) in [6.45, 7) is 2.40. The van der Waals surface area contributed by atoms with Crippen LogP contribution in [0.3, 0.4) is 0 Å². The standard InChI is InChI=1S/C24H19Cl2N3O3/c1-2-31-22-12-16(14-28-29-24(30)17-7-9-20(25)10-8-17)11-21(26)23(22)32-15-19-6-4-3-5-18(19)13-27/h3-12,14H,2,15H2,1H3,(H,29,30)/b28-14-. The molecular formula is C24H19Cl2N3O3. The van der Waals surface area contributed by atoms with Crippen LogP contribution in [0.25, 0.3) is 0 Å². The van der Waals surface area contributed by atoms with Gasteiger partial charge in [-0.15, -0.1) is 0 Å². The van der Waals surface area contributed by atoms with Gasteiger partial charge in [0.15, 0.2) is 11.5 Å². The molecule has 3 rings (SSSR count). The zero-order valence-electron chi connectivity index (χ0n) is 17.1. The van der Waals surface area contributed by atoms with Gasteiger partial charge in [-0.05, 0) is 55.0 Å². The molecule has 3 aromatic carbocycles. The molecule has 0 bridgehead atoms. The Morgan fingerprint density at radius 1 is 1.12 bits per heavy atom. The number of rotatable bonds is 8. The van der Waals surface area contributed by atoms with Gasteiger partial charge in [-0.25, -0.2) is 5.43 Å².